The summed E-state index contributed by atoms with van der Waals surface area (Å²) >= 11 is 0. The van der Waals surface area contributed by atoms with Gasteiger partial charge in [-0.2, -0.15) is 0 Å². The zero-order valence-electron chi connectivity index (χ0n) is 11.3. The van der Waals surface area contributed by atoms with E-state index in [9.17, 15) is 9.90 Å². The molecular formula is C14H22N2O2. The molecule has 0 aliphatic heterocycles. The van der Waals surface area contributed by atoms with E-state index >= 15 is 0 Å². The van der Waals surface area contributed by atoms with Gasteiger partial charge in [0, 0.05) is 18.9 Å². The molecule has 0 spiro atoms. The number of nitrogens with one attached hydrogen (secondary N) is 1. The molecule has 0 aliphatic carbocycles. The minimum atomic E-state index is -0.845. The predicted octanol–water partition coefficient (Wildman–Crippen LogP) is 1.54. The molecule has 1 aromatic heterocycles. The molecule has 2 N–H and O–H groups in total. The van der Waals surface area contributed by atoms with Gasteiger partial charge in [-0.3, -0.25) is 9.78 Å². The summed E-state index contributed by atoms with van der Waals surface area (Å²) in [6.45, 7) is 6.13. The van der Waals surface area contributed by atoms with Crippen LogP contribution >= 0.6 is 0 Å². The van der Waals surface area contributed by atoms with E-state index in [0.717, 1.165) is 5.56 Å². The number of hydrogen-bond donors (Lipinski definition) is 2. The van der Waals surface area contributed by atoms with Crippen LogP contribution in [0.4, 0.5) is 0 Å². The molecule has 100 valence electrons. The van der Waals surface area contributed by atoms with Crippen molar-refractivity contribution in [2.24, 2.45) is 5.92 Å². The molecule has 0 saturated heterocycles. The van der Waals surface area contributed by atoms with Gasteiger partial charge < -0.3 is 10.4 Å². The van der Waals surface area contributed by atoms with Crippen molar-refractivity contribution in [3.05, 3.63) is 30.1 Å². The summed E-state index contributed by atoms with van der Waals surface area (Å²) in [7, 11) is 0. The lowest BCUT2D eigenvalue weighted by atomic mass is 9.94. The Labute approximate surface area is 108 Å². The molecule has 1 atom stereocenters. The first-order valence-electron chi connectivity index (χ1n) is 6.27. The number of hydrogen-bond acceptors (Lipinski definition) is 3. The third kappa shape index (κ3) is 5.77. The van der Waals surface area contributed by atoms with Crippen LogP contribution in [0.2, 0.25) is 0 Å². The van der Waals surface area contributed by atoms with Crippen LogP contribution in [0.3, 0.4) is 0 Å². The second-order valence-electron chi connectivity index (χ2n) is 5.40. The number of aliphatic hydroxyl groups is 1. The third-order valence-corrected chi connectivity index (χ3v) is 2.63. The Morgan fingerprint density at radius 2 is 2.06 bits per heavy atom. The molecule has 0 fully saturated rings. The number of rotatable bonds is 6. The quantitative estimate of drug-likeness (QED) is 0.805. The summed E-state index contributed by atoms with van der Waals surface area (Å²) in [5.74, 6) is 0.322. The number of amides is 1. The minimum Gasteiger partial charge on any atom is -0.388 e. The fraction of sp³-hybridized carbons (Fsp3) is 0.571. The van der Waals surface area contributed by atoms with Gasteiger partial charge in [0.2, 0.25) is 5.91 Å². The molecular weight excluding hydrogens is 228 g/mol. The number of carbonyl (C=O) groups excluding carboxylic acids is 1. The molecule has 0 aliphatic rings. The van der Waals surface area contributed by atoms with E-state index in [4.69, 9.17) is 0 Å². The summed E-state index contributed by atoms with van der Waals surface area (Å²) in [6.07, 6.45) is 4.32. The maximum atomic E-state index is 11.7. The van der Waals surface area contributed by atoms with E-state index in [1.54, 1.807) is 19.3 Å². The SMILES string of the molecule is CC(C)CC(C)(O)CNC(=O)Cc1ccncc1. The van der Waals surface area contributed by atoms with Crippen LogP contribution in [-0.2, 0) is 11.2 Å². The zero-order chi connectivity index (χ0) is 13.6. The largest absolute Gasteiger partial charge is 0.388 e. The van der Waals surface area contributed by atoms with Crippen LogP contribution in [0, 0.1) is 5.92 Å². The van der Waals surface area contributed by atoms with Gasteiger partial charge in [-0.25, -0.2) is 0 Å². The molecule has 1 heterocycles. The van der Waals surface area contributed by atoms with Crippen molar-refractivity contribution >= 4 is 5.91 Å². The molecule has 0 bridgehead atoms. The van der Waals surface area contributed by atoms with Gasteiger partial charge in [0.15, 0.2) is 0 Å². The summed E-state index contributed by atoms with van der Waals surface area (Å²) < 4.78 is 0. The van der Waals surface area contributed by atoms with Crippen molar-refractivity contribution in [2.75, 3.05) is 6.54 Å². The first kappa shape index (κ1) is 14.6. The van der Waals surface area contributed by atoms with Gasteiger partial charge >= 0.3 is 0 Å². The van der Waals surface area contributed by atoms with Crippen LogP contribution in [0.15, 0.2) is 24.5 Å². The second kappa shape index (κ2) is 6.50. The molecule has 0 saturated carbocycles. The Balaban J connectivity index is 2.37. The maximum Gasteiger partial charge on any atom is 0.224 e. The van der Waals surface area contributed by atoms with E-state index in [1.165, 1.54) is 0 Å². The van der Waals surface area contributed by atoms with E-state index in [2.05, 4.69) is 10.3 Å². The highest BCUT2D eigenvalue weighted by molar-refractivity contribution is 5.78. The Hall–Kier alpha value is -1.42. The first-order valence-corrected chi connectivity index (χ1v) is 6.27. The van der Waals surface area contributed by atoms with Crippen molar-refractivity contribution in [1.29, 1.82) is 0 Å². The Morgan fingerprint density at radius 1 is 1.44 bits per heavy atom. The van der Waals surface area contributed by atoms with Crippen molar-refractivity contribution in [1.82, 2.24) is 10.3 Å². The molecule has 1 unspecified atom stereocenters. The number of aromatic nitrogens is 1. The second-order valence-corrected chi connectivity index (χ2v) is 5.40. The lowest BCUT2D eigenvalue weighted by molar-refractivity contribution is -0.121. The van der Waals surface area contributed by atoms with Crippen LogP contribution in [-0.4, -0.2) is 28.1 Å². The summed E-state index contributed by atoms with van der Waals surface area (Å²) in [5, 5.41) is 12.8. The van der Waals surface area contributed by atoms with Crippen LogP contribution in [0.5, 0.6) is 0 Å². The smallest absolute Gasteiger partial charge is 0.224 e. The molecule has 18 heavy (non-hydrogen) atoms. The first-order chi connectivity index (χ1) is 8.39. The molecule has 4 heteroatoms. The highest BCUT2D eigenvalue weighted by Crippen LogP contribution is 2.15. The molecule has 1 aromatic rings. The summed E-state index contributed by atoms with van der Waals surface area (Å²) in [4.78, 5) is 15.6. The summed E-state index contributed by atoms with van der Waals surface area (Å²) in [5.41, 5.74) is 0.0771. The van der Waals surface area contributed by atoms with Crippen molar-refractivity contribution in [3.8, 4) is 0 Å². The molecule has 4 nitrogen and oxygen atoms in total. The Morgan fingerprint density at radius 3 is 2.61 bits per heavy atom. The van der Waals surface area contributed by atoms with Crippen LogP contribution < -0.4 is 5.32 Å². The summed E-state index contributed by atoms with van der Waals surface area (Å²) in [6, 6.07) is 3.62. The molecule has 1 rings (SSSR count). The third-order valence-electron chi connectivity index (χ3n) is 2.63. The van der Waals surface area contributed by atoms with Crippen LogP contribution in [0.25, 0.3) is 0 Å². The lowest BCUT2D eigenvalue weighted by Crippen LogP contribution is -2.42. The molecule has 0 aromatic carbocycles. The highest BCUT2D eigenvalue weighted by atomic mass is 16.3. The number of pyridine rings is 1. The van der Waals surface area contributed by atoms with Crippen molar-refractivity contribution in [2.45, 2.75) is 39.2 Å². The Bertz CT molecular complexity index is 375. The van der Waals surface area contributed by atoms with Gasteiger partial charge in [-0.15, -0.1) is 0 Å². The van der Waals surface area contributed by atoms with E-state index in [-0.39, 0.29) is 12.5 Å². The van der Waals surface area contributed by atoms with Crippen LogP contribution in [0.1, 0.15) is 32.8 Å². The van der Waals surface area contributed by atoms with E-state index < -0.39 is 5.60 Å². The molecule has 1 amide bonds. The van der Waals surface area contributed by atoms with Gasteiger partial charge in [-0.05, 0) is 37.0 Å². The topological polar surface area (TPSA) is 62.2 Å². The standard InChI is InChI=1S/C14H22N2O2/c1-11(2)9-14(3,18)10-16-13(17)8-12-4-6-15-7-5-12/h4-7,11,18H,8-10H2,1-3H3,(H,16,17). The van der Waals surface area contributed by atoms with E-state index in [0.29, 0.717) is 18.8 Å². The molecule has 0 radical (unpaired) electrons. The maximum absolute atomic E-state index is 11.7. The average Bonchev–Trinajstić information content (AvgIpc) is 2.26. The van der Waals surface area contributed by atoms with Gasteiger partial charge in [0.25, 0.3) is 0 Å². The minimum absolute atomic E-state index is 0.0785. The van der Waals surface area contributed by atoms with Gasteiger partial charge in [0.1, 0.15) is 0 Å². The highest BCUT2D eigenvalue weighted by Gasteiger charge is 2.22. The van der Waals surface area contributed by atoms with Gasteiger partial charge in [-0.1, -0.05) is 13.8 Å². The van der Waals surface area contributed by atoms with Gasteiger partial charge in [0.05, 0.1) is 12.0 Å². The van der Waals surface area contributed by atoms with E-state index in [1.807, 2.05) is 26.0 Å². The Kier molecular flexibility index (Phi) is 5.28. The number of nitrogens with zero attached hydrogens (tertiary/aromatic N) is 1. The fourth-order valence-electron chi connectivity index (χ4n) is 1.99. The lowest BCUT2D eigenvalue weighted by Gasteiger charge is -2.25. The normalized spacial score (nSPS) is 14.3. The predicted molar refractivity (Wildman–Crippen MR) is 71.0 cm³/mol. The fourth-order valence-corrected chi connectivity index (χ4v) is 1.99. The average molecular weight is 250 g/mol. The zero-order valence-corrected chi connectivity index (χ0v) is 11.3. The van der Waals surface area contributed by atoms with Crippen molar-refractivity contribution in [3.63, 3.8) is 0 Å². The monoisotopic (exact) mass is 250 g/mol. The number of carbonyl (C=O) groups is 1. The van der Waals surface area contributed by atoms with Crippen molar-refractivity contribution < 1.29 is 9.90 Å².